The topological polar surface area (TPSA) is 38.1 Å². The quantitative estimate of drug-likeness (QED) is 0.807. The molecule has 1 heterocycles. The zero-order valence-corrected chi connectivity index (χ0v) is 13.4. The predicted molar refractivity (Wildman–Crippen MR) is 83.3 cm³/mol. The van der Waals surface area contributed by atoms with Gasteiger partial charge in [-0.15, -0.1) is 0 Å². The van der Waals surface area contributed by atoms with E-state index in [0.29, 0.717) is 0 Å². The third-order valence-electron chi connectivity index (χ3n) is 3.16. The smallest absolute Gasteiger partial charge is 0.261 e. The maximum Gasteiger partial charge on any atom is 0.261 e. The van der Waals surface area contributed by atoms with Crippen LogP contribution in [0.5, 0.6) is 0 Å². The van der Waals surface area contributed by atoms with Gasteiger partial charge in [0.25, 0.3) is 5.22 Å². The molecule has 0 fully saturated rings. The fraction of sp³-hybridized carbons (Fsp3) is 0.438. The minimum Gasteiger partial charge on any atom is -0.436 e. The van der Waals surface area contributed by atoms with Gasteiger partial charge in [0, 0.05) is 11.4 Å². The standard InChI is InChI=1S/C16H22N2OS/c1-5-8-17-10-14-9-11(2)6-7-15(14)20-16-18-12(3)13(4)19-16/h6-7,9,17H,5,8,10H2,1-4H3. The van der Waals surface area contributed by atoms with Crippen LogP contribution < -0.4 is 5.32 Å². The molecule has 0 spiro atoms. The van der Waals surface area contributed by atoms with Crippen molar-refractivity contribution in [1.29, 1.82) is 0 Å². The summed E-state index contributed by atoms with van der Waals surface area (Å²) in [7, 11) is 0. The summed E-state index contributed by atoms with van der Waals surface area (Å²) >= 11 is 1.60. The first-order chi connectivity index (χ1) is 9.60. The van der Waals surface area contributed by atoms with Crippen LogP contribution in [0.3, 0.4) is 0 Å². The summed E-state index contributed by atoms with van der Waals surface area (Å²) in [5.74, 6) is 0.894. The highest BCUT2D eigenvalue weighted by atomic mass is 32.2. The van der Waals surface area contributed by atoms with Crippen molar-refractivity contribution in [3.63, 3.8) is 0 Å². The van der Waals surface area contributed by atoms with Crippen LogP contribution in [0.25, 0.3) is 0 Å². The van der Waals surface area contributed by atoms with Gasteiger partial charge in [-0.05, 0) is 57.1 Å². The number of nitrogens with one attached hydrogen (secondary N) is 1. The molecule has 4 heteroatoms. The van der Waals surface area contributed by atoms with Gasteiger partial charge in [0.2, 0.25) is 0 Å². The molecule has 1 aromatic heterocycles. The summed E-state index contributed by atoms with van der Waals surface area (Å²) in [5.41, 5.74) is 3.55. The minimum absolute atomic E-state index is 0.723. The largest absolute Gasteiger partial charge is 0.436 e. The third kappa shape index (κ3) is 3.87. The van der Waals surface area contributed by atoms with E-state index in [1.807, 2.05) is 13.8 Å². The number of hydrogen-bond acceptors (Lipinski definition) is 4. The molecule has 108 valence electrons. The van der Waals surface area contributed by atoms with Gasteiger partial charge in [-0.1, -0.05) is 24.6 Å². The molecule has 0 unspecified atom stereocenters. The Kier molecular flexibility index (Phi) is 5.26. The lowest BCUT2D eigenvalue weighted by atomic mass is 10.1. The van der Waals surface area contributed by atoms with Crippen LogP contribution in [-0.2, 0) is 6.54 Å². The second-order valence-electron chi connectivity index (χ2n) is 5.01. The van der Waals surface area contributed by atoms with Crippen LogP contribution in [0, 0.1) is 20.8 Å². The number of rotatable bonds is 6. The summed E-state index contributed by atoms with van der Waals surface area (Å²) in [6.07, 6.45) is 1.15. The molecule has 0 saturated carbocycles. The van der Waals surface area contributed by atoms with Crippen molar-refractivity contribution in [2.75, 3.05) is 6.54 Å². The van der Waals surface area contributed by atoms with Gasteiger partial charge in [0.1, 0.15) is 5.76 Å². The Morgan fingerprint density at radius 3 is 2.70 bits per heavy atom. The first kappa shape index (κ1) is 15.1. The van der Waals surface area contributed by atoms with E-state index in [2.05, 4.69) is 42.3 Å². The van der Waals surface area contributed by atoms with Crippen molar-refractivity contribution in [3.8, 4) is 0 Å². The summed E-state index contributed by atoms with van der Waals surface area (Å²) < 4.78 is 5.66. The highest BCUT2D eigenvalue weighted by Crippen LogP contribution is 2.31. The molecular formula is C16H22N2OS. The van der Waals surface area contributed by atoms with E-state index in [0.717, 1.165) is 36.2 Å². The van der Waals surface area contributed by atoms with Crippen LogP contribution in [0.15, 0.2) is 32.7 Å². The van der Waals surface area contributed by atoms with Gasteiger partial charge in [0.05, 0.1) is 5.69 Å². The molecular weight excluding hydrogens is 268 g/mol. The fourth-order valence-electron chi connectivity index (χ4n) is 1.93. The number of oxazole rings is 1. The van der Waals surface area contributed by atoms with E-state index in [9.17, 15) is 0 Å². The van der Waals surface area contributed by atoms with Crippen LogP contribution >= 0.6 is 11.8 Å². The molecule has 0 bridgehead atoms. The highest BCUT2D eigenvalue weighted by molar-refractivity contribution is 7.99. The highest BCUT2D eigenvalue weighted by Gasteiger charge is 2.10. The van der Waals surface area contributed by atoms with Crippen LogP contribution in [0.4, 0.5) is 0 Å². The summed E-state index contributed by atoms with van der Waals surface area (Å²) in [5, 5.41) is 4.18. The van der Waals surface area contributed by atoms with Crippen LogP contribution in [-0.4, -0.2) is 11.5 Å². The molecule has 0 aliphatic carbocycles. The summed E-state index contributed by atoms with van der Waals surface area (Å²) in [6, 6.07) is 6.51. The molecule has 20 heavy (non-hydrogen) atoms. The molecule has 0 aliphatic rings. The van der Waals surface area contributed by atoms with Crippen molar-refractivity contribution in [2.24, 2.45) is 0 Å². The van der Waals surface area contributed by atoms with Crippen LogP contribution in [0.2, 0.25) is 0 Å². The SMILES string of the molecule is CCCNCc1cc(C)ccc1Sc1nc(C)c(C)o1. The summed E-state index contributed by atoms with van der Waals surface area (Å²) in [6.45, 7) is 10.1. The molecule has 0 aliphatic heterocycles. The van der Waals surface area contributed by atoms with Gasteiger partial charge < -0.3 is 9.73 Å². The minimum atomic E-state index is 0.723. The Hall–Kier alpha value is -1.26. The van der Waals surface area contributed by atoms with Gasteiger partial charge >= 0.3 is 0 Å². The van der Waals surface area contributed by atoms with Gasteiger partial charge in [-0.3, -0.25) is 0 Å². The molecule has 0 radical (unpaired) electrons. The molecule has 1 N–H and O–H groups in total. The first-order valence-electron chi connectivity index (χ1n) is 7.02. The Bertz CT molecular complexity index is 558. The predicted octanol–water partition coefficient (Wildman–Crippen LogP) is 4.25. The van der Waals surface area contributed by atoms with E-state index in [4.69, 9.17) is 4.42 Å². The van der Waals surface area contributed by atoms with E-state index >= 15 is 0 Å². The van der Waals surface area contributed by atoms with E-state index in [-0.39, 0.29) is 0 Å². The molecule has 0 saturated heterocycles. The van der Waals surface area contributed by atoms with Crippen LogP contribution in [0.1, 0.15) is 35.9 Å². The number of aromatic nitrogens is 1. The Morgan fingerprint density at radius 1 is 1.25 bits per heavy atom. The molecule has 2 rings (SSSR count). The van der Waals surface area contributed by atoms with Gasteiger partial charge in [-0.25, -0.2) is 4.98 Å². The Morgan fingerprint density at radius 2 is 2.05 bits per heavy atom. The average molecular weight is 290 g/mol. The monoisotopic (exact) mass is 290 g/mol. The lowest BCUT2D eigenvalue weighted by Gasteiger charge is -2.09. The maximum atomic E-state index is 5.66. The Labute approximate surface area is 125 Å². The lowest BCUT2D eigenvalue weighted by molar-refractivity contribution is 0.431. The van der Waals surface area contributed by atoms with Crippen molar-refractivity contribution in [1.82, 2.24) is 10.3 Å². The number of nitrogens with zero attached hydrogens (tertiary/aromatic N) is 1. The summed E-state index contributed by atoms with van der Waals surface area (Å²) in [4.78, 5) is 5.65. The van der Waals surface area contributed by atoms with Crippen molar-refractivity contribution in [2.45, 2.75) is 50.8 Å². The lowest BCUT2D eigenvalue weighted by Crippen LogP contribution is -2.14. The molecule has 2 aromatic rings. The van der Waals surface area contributed by atoms with Crippen molar-refractivity contribution >= 4 is 11.8 Å². The first-order valence-corrected chi connectivity index (χ1v) is 7.84. The second-order valence-corrected chi connectivity index (χ2v) is 6.00. The number of benzene rings is 1. The molecule has 3 nitrogen and oxygen atoms in total. The number of aryl methyl sites for hydroxylation is 3. The molecule has 1 aromatic carbocycles. The van der Waals surface area contributed by atoms with E-state index in [1.165, 1.54) is 16.0 Å². The fourth-order valence-corrected chi connectivity index (χ4v) is 2.86. The normalized spacial score (nSPS) is 11.0. The van der Waals surface area contributed by atoms with E-state index < -0.39 is 0 Å². The van der Waals surface area contributed by atoms with Gasteiger partial charge in [-0.2, -0.15) is 0 Å². The Balaban J connectivity index is 2.17. The molecule has 0 atom stereocenters. The number of hydrogen-bond donors (Lipinski definition) is 1. The zero-order valence-electron chi connectivity index (χ0n) is 12.6. The molecule has 0 amide bonds. The van der Waals surface area contributed by atoms with Gasteiger partial charge in [0.15, 0.2) is 0 Å². The maximum absolute atomic E-state index is 5.66. The average Bonchev–Trinajstić information content (AvgIpc) is 2.72. The van der Waals surface area contributed by atoms with Crippen molar-refractivity contribution < 1.29 is 4.42 Å². The van der Waals surface area contributed by atoms with E-state index in [1.54, 1.807) is 11.8 Å². The van der Waals surface area contributed by atoms with Crippen molar-refractivity contribution in [3.05, 3.63) is 40.8 Å². The second kappa shape index (κ2) is 6.95. The zero-order chi connectivity index (χ0) is 14.5. The third-order valence-corrected chi connectivity index (χ3v) is 4.13.